The summed E-state index contributed by atoms with van der Waals surface area (Å²) in [4.78, 5) is 0. The average Bonchev–Trinajstić information content (AvgIpc) is 3.14. The first-order valence-electron chi connectivity index (χ1n) is 7.69. The van der Waals surface area contributed by atoms with Crippen molar-refractivity contribution in [1.29, 1.82) is 0 Å². The molecule has 1 saturated heterocycles. The largest absolute Gasteiger partial charge is 1.00 e. The van der Waals surface area contributed by atoms with Crippen LogP contribution in [-0.2, 0) is 11.3 Å². The van der Waals surface area contributed by atoms with E-state index in [0.717, 1.165) is 19.8 Å². The van der Waals surface area contributed by atoms with Crippen LogP contribution in [0.15, 0.2) is 60.7 Å². The van der Waals surface area contributed by atoms with Gasteiger partial charge in [-0.25, -0.2) is 0 Å². The van der Waals surface area contributed by atoms with Gasteiger partial charge in [-0.05, 0) is 12.8 Å². The molecule has 0 saturated carbocycles. The minimum Gasteiger partial charge on any atom is -0.652 e. The van der Waals surface area contributed by atoms with Crippen molar-refractivity contribution in [3.05, 3.63) is 77.1 Å². The third-order valence-corrected chi connectivity index (χ3v) is 3.50. The van der Waals surface area contributed by atoms with E-state index in [0.29, 0.717) is 0 Å². The minimum absolute atomic E-state index is 0. The number of rotatable bonds is 4. The van der Waals surface area contributed by atoms with Gasteiger partial charge in [0.1, 0.15) is 0 Å². The molecule has 3 rings (SSSR count). The molecule has 0 aliphatic carbocycles. The van der Waals surface area contributed by atoms with Crippen LogP contribution in [0, 0.1) is 0 Å². The maximum atomic E-state index is 4.94. The molecule has 0 amide bonds. The number of hydrogen-bond donors (Lipinski definition) is 0. The summed E-state index contributed by atoms with van der Waals surface area (Å²) in [6, 6.07) is 21.0. The molecule has 0 N–H and O–H groups in total. The van der Waals surface area contributed by atoms with Gasteiger partial charge in [0.15, 0.2) is 0 Å². The Morgan fingerprint density at radius 3 is 1.95 bits per heavy atom. The second kappa shape index (κ2) is 11.5. The Hall–Kier alpha value is -1.04. The van der Waals surface area contributed by atoms with Crippen LogP contribution in [0.25, 0.3) is 5.32 Å². The second-order valence-electron chi connectivity index (χ2n) is 5.23. The smallest absolute Gasteiger partial charge is 0.652 e. The molecule has 0 bridgehead atoms. The zero-order valence-corrected chi connectivity index (χ0v) is 13.7. The predicted molar refractivity (Wildman–Crippen MR) is 88.4 cm³/mol. The summed E-state index contributed by atoms with van der Waals surface area (Å²) in [6.07, 6.45) is 2.56. The molecule has 0 aromatic heterocycles. The molecule has 0 radical (unpaired) electrons. The summed E-state index contributed by atoms with van der Waals surface area (Å²) in [5, 5.41) is 4.66. The van der Waals surface area contributed by atoms with Crippen molar-refractivity contribution < 1.29 is 23.6 Å². The zero-order valence-electron chi connectivity index (χ0n) is 13.7. The summed E-state index contributed by atoms with van der Waals surface area (Å²) in [6.45, 7) is 4.93. The Labute approximate surface area is 146 Å². The Bertz CT molecular complexity index is 478. The van der Waals surface area contributed by atoms with Gasteiger partial charge in [0.25, 0.3) is 0 Å². The maximum Gasteiger partial charge on any atom is 1.00 e. The van der Waals surface area contributed by atoms with E-state index in [4.69, 9.17) is 4.74 Å². The monoisotopic (exact) mass is 289 g/mol. The number of hydrogen-bond acceptors (Lipinski definition) is 1. The summed E-state index contributed by atoms with van der Waals surface area (Å²) in [5.74, 6) is 0. The topological polar surface area (TPSA) is 23.3 Å². The van der Waals surface area contributed by atoms with E-state index in [1.54, 1.807) is 0 Å². The molecule has 1 aliphatic rings. The van der Waals surface area contributed by atoms with Gasteiger partial charge in [-0.3, -0.25) is 0 Å². The van der Waals surface area contributed by atoms with Gasteiger partial charge in [-0.2, -0.15) is 0 Å². The third kappa shape index (κ3) is 7.29. The number of nitrogens with zero attached hydrogens (tertiary/aromatic N) is 1. The maximum absolute atomic E-state index is 4.94. The third-order valence-electron chi connectivity index (χ3n) is 3.50. The fourth-order valence-electron chi connectivity index (χ4n) is 2.17. The van der Waals surface area contributed by atoms with Gasteiger partial charge in [0.05, 0.1) is 0 Å². The van der Waals surface area contributed by atoms with E-state index in [-0.39, 0.29) is 24.9 Å². The zero-order chi connectivity index (χ0) is 14.8. The first kappa shape index (κ1) is 19.0. The van der Waals surface area contributed by atoms with Gasteiger partial charge in [-0.15, -0.1) is 12.6 Å². The van der Waals surface area contributed by atoms with Crippen molar-refractivity contribution in [1.82, 2.24) is 0 Å². The normalized spacial score (nSPS) is 14.4. The van der Waals surface area contributed by atoms with Crippen molar-refractivity contribution in [2.24, 2.45) is 0 Å². The van der Waals surface area contributed by atoms with Crippen molar-refractivity contribution in [2.45, 2.75) is 32.4 Å². The first-order chi connectivity index (χ1) is 10.4. The van der Waals surface area contributed by atoms with Gasteiger partial charge in [0.2, 0.25) is 0 Å². The van der Waals surface area contributed by atoms with Crippen molar-refractivity contribution in [3.8, 4) is 0 Å². The first-order valence-corrected chi connectivity index (χ1v) is 7.69. The number of benzene rings is 2. The van der Waals surface area contributed by atoms with Crippen molar-refractivity contribution in [3.63, 3.8) is 0 Å². The summed E-state index contributed by atoms with van der Waals surface area (Å²) in [5.41, 5.74) is 2.55. The van der Waals surface area contributed by atoms with Crippen LogP contribution in [0.2, 0.25) is 0 Å². The van der Waals surface area contributed by atoms with Gasteiger partial charge in [-0.1, -0.05) is 78.7 Å². The van der Waals surface area contributed by atoms with Crippen LogP contribution in [0.3, 0.4) is 0 Å². The van der Waals surface area contributed by atoms with E-state index in [1.165, 1.54) is 24.0 Å². The molecule has 2 nitrogen and oxygen atoms in total. The SMILES string of the molecule is C1CCOC1.C[C@@H]([N-]Cc1ccccc1)c1ccccc1.[Li+]. The van der Waals surface area contributed by atoms with Crippen molar-refractivity contribution in [2.75, 3.05) is 13.2 Å². The standard InChI is InChI=1S/C15H16N.C4H8O.Li/c1-13(15-10-6-3-7-11-15)16-12-14-8-4-2-5-9-14;1-2-4-5-3-1;/h2-11,13H,12H2,1H3;1-4H2;/q-1;;+1/t13-;;/m1../s1. The summed E-state index contributed by atoms with van der Waals surface area (Å²) in [7, 11) is 0. The molecule has 1 atom stereocenters. The quantitative estimate of drug-likeness (QED) is 0.791. The van der Waals surface area contributed by atoms with E-state index in [9.17, 15) is 0 Å². The van der Waals surface area contributed by atoms with Gasteiger partial charge >= 0.3 is 18.9 Å². The van der Waals surface area contributed by atoms with Crippen LogP contribution in [0.4, 0.5) is 0 Å². The molecule has 1 heterocycles. The molecule has 22 heavy (non-hydrogen) atoms. The van der Waals surface area contributed by atoms with Crippen LogP contribution in [0.1, 0.15) is 36.9 Å². The summed E-state index contributed by atoms with van der Waals surface area (Å²) < 4.78 is 4.94. The molecular weight excluding hydrogens is 265 g/mol. The average molecular weight is 289 g/mol. The summed E-state index contributed by atoms with van der Waals surface area (Å²) >= 11 is 0. The van der Waals surface area contributed by atoms with Crippen LogP contribution < -0.4 is 18.9 Å². The molecule has 0 spiro atoms. The van der Waals surface area contributed by atoms with Crippen molar-refractivity contribution >= 4 is 0 Å². The molecule has 2 aromatic carbocycles. The Morgan fingerprint density at radius 1 is 0.909 bits per heavy atom. The van der Waals surface area contributed by atoms with Crippen LogP contribution in [0.5, 0.6) is 0 Å². The molecule has 2 aromatic rings. The van der Waals surface area contributed by atoms with Crippen LogP contribution in [-0.4, -0.2) is 13.2 Å². The van der Waals surface area contributed by atoms with E-state index in [1.807, 2.05) is 12.1 Å². The molecule has 0 unspecified atom stereocenters. The van der Waals surface area contributed by atoms with E-state index < -0.39 is 0 Å². The Balaban J connectivity index is 0.000000344. The fourth-order valence-corrected chi connectivity index (χ4v) is 2.17. The molecule has 1 fully saturated rings. The molecule has 112 valence electrons. The number of ether oxygens (including phenoxy) is 1. The van der Waals surface area contributed by atoms with Gasteiger partial charge in [0, 0.05) is 13.2 Å². The fraction of sp³-hybridized carbons (Fsp3) is 0.368. The molecule has 3 heteroatoms. The Morgan fingerprint density at radius 2 is 1.45 bits per heavy atom. The van der Waals surface area contributed by atoms with Gasteiger partial charge < -0.3 is 10.1 Å². The van der Waals surface area contributed by atoms with E-state index in [2.05, 4.69) is 60.8 Å². The molecule has 1 aliphatic heterocycles. The Kier molecular flexibility index (Phi) is 9.95. The van der Waals surface area contributed by atoms with Crippen LogP contribution >= 0.6 is 0 Å². The second-order valence-corrected chi connectivity index (χ2v) is 5.23. The predicted octanol–water partition coefficient (Wildman–Crippen LogP) is 2.12. The van der Waals surface area contributed by atoms with E-state index >= 15 is 0 Å². The molecular formula is C19H24LiNO. The minimum atomic E-state index is 0.